The van der Waals surface area contributed by atoms with E-state index in [0.29, 0.717) is 50.0 Å². The minimum Gasteiger partial charge on any atom is -0.478 e. The van der Waals surface area contributed by atoms with E-state index in [1.165, 1.54) is 12.1 Å². The van der Waals surface area contributed by atoms with E-state index in [1.807, 2.05) is 35.2 Å². The highest BCUT2D eigenvalue weighted by Gasteiger charge is 2.35. The van der Waals surface area contributed by atoms with Crippen LogP contribution in [0.15, 0.2) is 66.2 Å². The summed E-state index contributed by atoms with van der Waals surface area (Å²) in [6.45, 7) is 1.63. The van der Waals surface area contributed by atoms with Gasteiger partial charge in [-0.1, -0.05) is 60.1 Å². The van der Waals surface area contributed by atoms with Crippen molar-refractivity contribution in [2.45, 2.75) is 38.3 Å². The van der Waals surface area contributed by atoms with Crippen LogP contribution in [0, 0.1) is 0 Å². The van der Waals surface area contributed by atoms with Crippen molar-refractivity contribution in [2.24, 2.45) is 0 Å². The number of halogens is 6. The van der Waals surface area contributed by atoms with Crippen LogP contribution in [0.1, 0.15) is 63.0 Å². The van der Waals surface area contributed by atoms with Gasteiger partial charge in [0.2, 0.25) is 6.43 Å². The molecule has 1 fully saturated rings. The average Bonchev–Trinajstić information content (AvgIpc) is 3.08. The summed E-state index contributed by atoms with van der Waals surface area (Å²) in [5.74, 6) is -1.05. The molecule has 1 aliphatic carbocycles. The van der Waals surface area contributed by atoms with E-state index in [2.05, 4.69) is 0 Å². The zero-order valence-corrected chi connectivity index (χ0v) is 22.7. The summed E-state index contributed by atoms with van der Waals surface area (Å²) in [5, 5.41) is 9.17. The minimum absolute atomic E-state index is 0.147. The maximum atomic E-state index is 13.7. The van der Waals surface area contributed by atoms with Crippen LogP contribution in [0.2, 0.25) is 5.02 Å². The van der Waals surface area contributed by atoms with E-state index < -0.39 is 24.1 Å². The van der Waals surface area contributed by atoms with Crippen LogP contribution < -0.4 is 0 Å². The van der Waals surface area contributed by atoms with Gasteiger partial charge >= 0.3 is 12.1 Å². The fraction of sp³-hybridized carbons (Fsp3) is 0.281. The number of rotatable bonds is 7. The number of carboxylic acid groups (broad SMARTS) is 1. The summed E-state index contributed by atoms with van der Waals surface area (Å²) in [5.41, 5.74) is 5.33. The first-order chi connectivity index (χ1) is 19.5. The van der Waals surface area contributed by atoms with Crippen molar-refractivity contribution in [3.63, 3.8) is 0 Å². The molecule has 0 aromatic heterocycles. The van der Waals surface area contributed by atoms with Crippen molar-refractivity contribution in [1.29, 1.82) is 0 Å². The molecule has 1 saturated heterocycles. The van der Waals surface area contributed by atoms with Crippen LogP contribution in [0.3, 0.4) is 0 Å². The number of allylic oxidation sites excluding steroid dienone is 1. The number of hydrogen-bond donors (Lipinski definition) is 1. The molecule has 1 aliphatic heterocycles. The van der Waals surface area contributed by atoms with E-state index in [0.717, 1.165) is 39.5 Å². The second-order valence-electron chi connectivity index (χ2n) is 10.4. The topological polar surface area (TPSA) is 40.5 Å². The molecule has 0 bridgehead atoms. The molecular formula is C32H27ClF5NO2. The number of fused-ring (bicyclic) bond motifs is 1. The number of likely N-dealkylation sites (tertiary alicyclic amines) is 1. The Bertz CT molecular complexity index is 1520. The second kappa shape index (κ2) is 11.8. The first-order valence-electron chi connectivity index (χ1n) is 13.3. The lowest BCUT2D eigenvalue weighted by atomic mass is 9.86. The Hall–Kier alpha value is -3.49. The Kier molecular flexibility index (Phi) is 8.34. The molecule has 9 heteroatoms. The number of hydrogen-bond acceptors (Lipinski definition) is 2. The Morgan fingerprint density at radius 1 is 1.00 bits per heavy atom. The summed E-state index contributed by atoms with van der Waals surface area (Å²) in [6.07, 6.45) is -3.44. The number of carbonyl (C=O) groups is 1. The predicted octanol–water partition coefficient (Wildman–Crippen LogP) is 8.71. The fourth-order valence-corrected chi connectivity index (χ4v) is 5.89. The molecule has 1 heterocycles. The molecule has 2 aliphatic rings. The molecule has 0 atom stereocenters. The van der Waals surface area contributed by atoms with E-state index in [9.17, 15) is 31.9 Å². The van der Waals surface area contributed by atoms with Crippen molar-refractivity contribution in [3.8, 4) is 0 Å². The maximum Gasteiger partial charge on any atom is 0.417 e. The van der Waals surface area contributed by atoms with E-state index in [4.69, 9.17) is 11.6 Å². The van der Waals surface area contributed by atoms with Gasteiger partial charge in [-0.2, -0.15) is 13.2 Å². The smallest absolute Gasteiger partial charge is 0.417 e. The first kappa shape index (κ1) is 29.0. The lowest BCUT2D eigenvalue weighted by Gasteiger charge is -2.34. The molecule has 3 nitrogen and oxygen atoms in total. The van der Waals surface area contributed by atoms with Gasteiger partial charge in [-0.3, -0.25) is 4.90 Å². The summed E-state index contributed by atoms with van der Waals surface area (Å²) >= 11 is 6.40. The zero-order chi connectivity index (χ0) is 29.3. The predicted molar refractivity (Wildman–Crippen MR) is 150 cm³/mol. The van der Waals surface area contributed by atoms with Gasteiger partial charge in [-0.25, -0.2) is 13.6 Å². The van der Waals surface area contributed by atoms with Crippen molar-refractivity contribution in [3.05, 3.63) is 110 Å². The van der Waals surface area contributed by atoms with Gasteiger partial charge in [0, 0.05) is 26.1 Å². The van der Waals surface area contributed by atoms with Gasteiger partial charge in [0.1, 0.15) is 0 Å². The minimum atomic E-state index is -4.61. The molecular weight excluding hydrogens is 561 g/mol. The van der Waals surface area contributed by atoms with E-state index in [-0.39, 0.29) is 17.0 Å². The molecule has 1 N–H and O–H groups in total. The lowest BCUT2D eigenvalue weighted by Crippen LogP contribution is -2.40. The van der Waals surface area contributed by atoms with Crippen LogP contribution in [0.4, 0.5) is 22.0 Å². The number of alkyl halides is 5. The summed E-state index contributed by atoms with van der Waals surface area (Å²) < 4.78 is 66.2. The molecule has 214 valence electrons. The third-order valence-corrected chi connectivity index (χ3v) is 7.92. The highest BCUT2D eigenvalue weighted by atomic mass is 35.5. The van der Waals surface area contributed by atoms with Crippen molar-refractivity contribution in [1.82, 2.24) is 4.90 Å². The fourth-order valence-electron chi connectivity index (χ4n) is 5.54. The number of aryl methyl sites for hydroxylation is 1. The number of carboxylic acids is 1. The number of aromatic carboxylic acids is 1. The molecule has 0 spiro atoms. The van der Waals surface area contributed by atoms with E-state index in [1.54, 1.807) is 18.2 Å². The van der Waals surface area contributed by atoms with Crippen LogP contribution >= 0.6 is 11.6 Å². The molecule has 3 aromatic carbocycles. The third-order valence-electron chi connectivity index (χ3n) is 7.51. The van der Waals surface area contributed by atoms with Crippen LogP contribution in [-0.4, -0.2) is 42.0 Å². The number of benzene rings is 3. The standard InChI is InChI=1S/C32H27ClF5NO2/c33-30-26(5-2-6-27(30)32(36,37)38)25-4-1-3-22-16-23(31(40)41)11-12-24(22)29(25)21-9-7-19(8-10-21)15-20-17-39(18-20)14-13-28(34)35/h2,5-12,15-16,28H,1,3-4,13-14,17-18H2,(H,40,41). The average molecular weight is 588 g/mol. The van der Waals surface area contributed by atoms with Gasteiger partial charge in [-0.15, -0.1) is 0 Å². The molecule has 3 aromatic rings. The Labute approximate surface area is 239 Å². The summed E-state index contributed by atoms with van der Waals surface area (Å²) in [6, 6.07) is 16.4. The second-order valence-corrected chi connectivity index (χ2v) is 10.7. The largest absolute Gasteiger partial charge is 0.478 e. The Morgan fingerprint density at radius 2 is 1.73 bits per heavy atom. The third kappa shape index (κ3) is 6.39. The summed E-state index contributed by atoms with van der Waals surface area (Å²) in [4.78, 5) is 13.6. The van der Waals surface area contributed by atoms with Gasteiger partial charge < -0.3 is 5.11 Å². The molecule has 41 heavy (non-hydrogen) atoms. The highest BCUT2D eigenvalue weighted by molar-refractivity contribution is 6.33. The SMILES string of the molecule is O=C(O)c1ccc2c(c1)CCCC(c1cccc(C(F)(F)F)c1Cl)=C2c1ccc(C=C2CN(CCC(F)F)C2)cc1. The molecule has 0 radical (unpaired) electrons. The van der Waals surface area contributed by atoms with Crippen LogP contribution in [-0.2, 0) is 12.6 Å². The maximum absolute atomic E-state index is 13.7. The quantitative estimate of drug-likeness (QED) is 0.281. The molecule has 0 saturated carbocycles. The molecule has 0 amide bonds. The van der Waals surface area contributed by atoms with Crippen molar-refractivity contribution in [2.75, 3.05) is 19.6 Å². The van der Waals surface area contributed by atoms with Crippen molar-refractivity contribution >= 4 is 34.8 Å². The van der Waals surface area contributed by atoms with Crippen molar-refractivity contribution < 1.29 is 31.9 Å². The van der Waals surface area contributed by atoms with E-state index >= 15 is 0 Å². The van der Waals surface area contributed by atoms with Gasteiger partial charge in [0.05, 0.1) is 16.1 Å². The van der Waals surface area contributed by atoms with Crippen LogP contribution in [0.25, 0.3) is 17.2 Å². The molecule has 0 unspecified atom stereocenters. The molecule has 5 rings (SSSR count). The summed E-state index contributed by atoms with van der Waals surface area (Å²) in [7, 11) is 0. The van der Waals surface area contributed by atoms with Gasteiger partial charge in [0.25, 0.3) is 0 Å². The van der Waals surface area contributed by atoms with Gasteiger partial charge in [0.15, 0.2) is 0 Å². The van der Waals surface area contributed by atoms with Crippen LogP contribution in [0.5, 0.6) is 0 Å². The first-order valence-corrected chi connectivity index (χ1v) is 13.6. The number of nitrogens with zero attached hydrogens (tertiary/aromatic N) is 1. The zero-order valence-electron chi connectivity index (χ0n) is 21.9. The normalized spacial score (nSPS) is 15.9. The monoisotopic (exact) mass is 587 g/mol. The highest BCUT2D eigenvalue weighted by Crippen LogP contribution is 2.45. The van der Waals surface area contributed by atoms with Gasteiger partial charge in [-0.05, 0) is 82.0 Å². The lowest BCUT2D eigenvalue weighted by molar-refractivity contribution is -0.137. The Balaban J connectivity index is 1.57. The Morgan fingerprint density at radius 3 is 2.39 bits per heavy atom.